The number of rotatable bonds is 4. The van der Waals surface area contributed by atoms with Crippen molar-refractivity contribution in [2.24, 2.45) is 0 Å². The maximum absolute atomic E-state index is 12.6. The smallest absolute Gasteiger partial charge is 0.236 e. The topological polar surface area (TPSA) is 72.2 Å². The second-order valence-corrected chi connectivity index (χ2v) is 9.94. The van der Waals surface area contributed by atoms with Crippen LogP contribution in [0.5, 0.6) is 0 Å². The summed E-state index contributed by atoms with van der Waals surface area (Å²) in [5, 5.41) is 14.4. The fourth-order valence-corrected chi connectivity index (χ4v) is 5.95. The molecule has 1 aliphatic carbocycles. The Morgan fingerprint density at radius 3 is 2.80 bits per heavy atom. The lowest BCUT2D eigenvalue weighted by Gasteiger charge is -2.10. The van der Waals surface area contributed by atoms with E-state index >= 15 is 0 Å². The van der Waals surface area contributed by atoms with Crippen LogP contribution >= 0.6 is 23.1 Å². The molecule has 1 aromatic carbocycles. The van der Waals surface area contributed by atoms with Gasteiger partial charge in [-0.2, -0.15) is 0 Å². The van der Waals surface area contributed by atoms with Crippen LogP contribution in [0.1, 0.15) is 40.1 Å². The van der Waals surface area contributed by atoms with E-state index in [0.717, 1.165) is 40.4 Å². The molecule has 0 unspecified atom stereocenters. The molecule has 0 saturated carbocycles. The van der Waals surface area contributed by atoms with E-state index in [2.05, 4.69) is 56.9 Å². The van der Waals surface area contributed by atoms with E-state index in [1.165, 1.54) is 46.0 Å². The monoisotopic (exact) mass is 437 g/mol. The zero-order valence-electron chi connectivity index (χ0n) is 17.3. The third-order valence-electron chi connectivity index (χ3n) is 5.52. The number of nitrogens with one attached hydrogen (secondary N) is 1. The molecule has 3 aromatic heterocycles. The molecular weight excluding hydrogens is 414 g/mol. The van der Waals surface area contributed by atoms with Crippen molar-refractivity contribution in [3.8, 4) is 0 Å². The number of nitrogens with zero attached hydrogens (tertiary/aromatic N) is 4. The summed E-state index contributed by atoms with van der Waals surface area (Å²) in [5.41, 5.74) is 6.57. The van der Waals surface area contributed by atoms with E-state index in [4.69, 9.17) is 0 Å². The summed E-state index contributed by atoms with van der Waals surface area (Å²) in [5.74, 6) is 0.206. The minimum Gasteiger partial charge on any atom is -0.301 e. The lowest BCUT2D eigenvalue weighted by atomic mass is 10.0. The molecule has 0 aliphatic heterocycles. The third-order valence-corrected chi connectivity index (χ3v) is 7.52. The number of carbonyl (C=O) groups is 1. The lowest BCUT2D eigenvalue weighted by Crippen LogP contribution is -2.14. The number of hydrogen-bond acceptors (Lipinski definition) is 6. The normalized spacial score (nSPS) is 13.7. The van der Waals surface area contributed by atoms with Crippen LogP contribution in [0.2, 0.25) is 0 Å². The summed E-state index contributed by atoms with van der Waals surface area (Å²) in [6.07, 6.45) is 4.50. The summed E-state index contributed by atoms with van der Waals surface area (Å²) in [6.45, 7) is 6.27. The van der Waals surface area contributed by atoms with Gasteiger partial charge in [0.25, 0.3) is 0 Å². The van der Waals surface area contributed by atoms with Crippen molar-refractivity contribution in [1.82, 2.24) is 19.6 Å². The molecule has 4 aromatic rings. The van der Waals surface area contributed by atoms with Crippen molar-refractivity contribution >= 4 is 50.7 Å². The van der Waals surface area contributed by atoms with Gasteiger partial charge in [0.05, 0.1) is 17.0 Å². The first kappa shape index (κ1) is 19.5. The highest BCUT2D eigenvalue weighted by atomic mass is 32.2. The molecule has 0 atom stereocenters. The number of thioether (sulfide) groups is 1. The Hall–Kier alpha value is -2.45. The first-order valence-electron chi connectivity index (χ1n) is 10.2. The van der Waals surface area contributed by atoms with Crippen molar-refractivity contribution in [2.75, 3.05) is 11.1 Å². The van der Waals surface area contributed by atoms with Gasteiger partial charge in [-0.1, -0.05) is 17.8 Å². The van der Waals surface area contributed by atoms with Gasteiger partial charge in [0.2, 0.25) is 5.91 Å². The number of anilines is 1. The third kappa shape index (κ3) is 3.48. The molecule has 5 rings (SSSR count). The fraction of sp³-hybridized carbons (Fsp3) is 0.364. The molecule has 0 bridgehead atoms. The van der Waals surface area contributed by atoms with E-state index in [1.807, 2.05) is 6.92 Å². The predicted octanol–water partition coefficient (Wildman–Crippen LogP) is 4.87. The predicted molar refractivity (Wildman–Crippen MR) is 123 cm³/mol. The lowest BCUT2D eigenvalue weighted by molar-refractivity contribution is -0.113. The summed E-state index contributed by atoms with van der Waals surface area (Å²) >= 11 is 3.02. The minimum absolute atomic E-state index is 0.0628. The molecule has 1 N–H and O–H groups in total. The van der Waals surface area contributed by atoms with Crippen LogP contribution in [0, 0.1) is 20.8 Å². The summed E-state index contributed by atoms with van der Waals surface area (Å²) < 4.78 is 2.07. The van der Waals surface area contributed by atoms with E-state index in [-0.39, 0.29) is 11.7 Å². The van der Waals surface area contributed by atoms with Gasteiger partial charge in [-0.25, -0.2) is 4.98 Å². The Labute approximate surface area is 183 Å². The number of benzene rings is 1. The molecule has 6 nitrogen and oxygen atoms in total. The van der Waals surface area contributed by atoms with Gasteiger partial charge in [-0.15, -0.1) is 21.5 Å². The summed E-state index contributed by atoms with van der Waals surface area (Å²) in [7, 11) is 0. The van der Waals surface area contributed by atoms with E-state index in [0.29, 0.717) is 5.13 Å². The van der Waals surface area contributed by atoms with Crippen LogP contribution in [-0.4, -0.2) is 31.2 Å². The molecule has 0 saturated heterocycles. The van der Waals surface area contributed by atoms with Crippen molar-refractivity contribution in [3.63, 3.8) is 0 Å². The molecule has 0 radical (unpaired) electrons. The summed E-state index contributed by atoms with van der Waals surface area (Å²) in [4.78, 5) is 18.5. The molecule has 30 heavy (non-hydrogen) atoms. The molecule has 0 fully saturated rings. The first-order valence-corrected chi connectivity index (χ1v) is 12.0. The molecule has 1 amide bonds. The van der Waals surface area contributed by atoms with E-state index < -0.39 is 0 Å². The van der Waals surface area contributed by atoms with Crippen LogP contribution in [0.15, 0.2) is 23.4 Å². The largest absolute Gasteiger partial charge is 0.301 e. The quantitative estimate of drug-likeness (QED) is 0.461. The number of thiazole rings is 1. The molecule has 154 valence electrons. The number of pyridine rings is 1. The van der Waals surface area contributed by atoms with Gasteiger partial charge in [-0.05, 0) is 75.3 Å². The van der Waals surface area contributed by atoms with Gasteiger partial charge < -0.3 is 5.32 Å². The van der Waals surface area contributed by atoms with Gasteiger partial charge >= 0.3 is 0 Å². The molecule has 8 heteroatoms. The standard InChI is InChI=1S/C22H23N5OS2/c1-12-8-13(2)15-10-14(3)20-25-26-22(27(20)17(15)9-12)29-11-19(28)24-21-23-16-6-4-5-7-18(16)30-21/h8-10H,4-7,11H2,1-3H3,(H,23,24,28). The van der Waals surface area contributed by atoms with E-state index in [1.54, 1.807) is 11.3 Å². The van der Waals surface area contributed by atoms with E-state index in [9.17, 15) is 4.79 Å². The number of hydrogen-bond donors (Lipinski definition) is 1. The fourth-order valence-electron chi connectivity index (χ4n) is 4.14. The number of aryl methyl sites for hydroxylation is 5. The van der Waals surface area contributed by atoms with Crippen LogP contribution in [-0.2, 0) is 17.6 Å². The molecular formula is C22H23N5OS2. The number of amides is 1. The van der Waals surface area contributed by atoms with Crippen molar-refractivity contribution in [1.29, 1.82) is 0 Å². The van der Waals surface area contributed by atoms with Gasteiger partial charge in [0.15, 0.2) is 15.9 Å². The Kier molecular flexibility index (Phi) is 4.99. The zero-order chi connectivity index (χ0) is 20.8. The number of fused-ring (bicyclic) bond motifs is 4. The van der Waals surface area contributed by atoms with Gasteiger partial charge in [0.1, 0.15) is 0 Å². The SMILES string of the molecule is Cc1cc(C)c2cc(C)c3nnc(SCC(=O)Nc4nc5c(s4)CCCC5)n3c2c1. The average Bonchev–Trinajstić information content (AvgIpc) is 3.31. The minimum atomic E-state index is -0.0628. The van der Waals surface area contributed by atoms with Crippen LogP contribution in [0.4, 0.5) is 5.13 Å². The second kappa shape index (κ2) is 7.67. The Balaban J connectivity index is 1.40. The second-order valence-electron chi connectivity index (χ2n) is 7.92. The first-order chi connectivity index (χ1) is 14.5. The van der Waals surface area contributed by atoms with Gasteiger partial charge in [-0.3, -0.25) is 9.20 Å². The van der Waals surface area contributed by atoms with Gasteiger partial charge in [0, 0.05) is 10.3 Å². The summed E-state index contributed by atoms with van der Waals surface area (Å²) in [6, 6.07) is 6.51. The molecule has 0 spiro atoms. The maximum Gasteiger partial charge on any atom is 0.236 e. The van der Waals surface area contributed by atoms with Crippen LogP contribution in [0.3, 0.4) is 0 Å². The number of carbonyl (C=O) groups excluding carboxylic acids is 1. The van der Waals surface area contributed by atoms with Crippen molar-refractivity contribution in [3.05, 3.63) is 45.5 Å². The Morgan fingerprint density at radius 2 is 1.97 bits per heavy atom. The Morgan fingerprint density at radius 1 is 1.13 bits per heavy atom. The highest BCUT2D eigenvalue weighted by molar-refractivity contribution is 7.99. The Bertz CT molecular complexity index is 1270. The molecule has 3 heterocycles. The maximum atomic E-state index is 12.6. The highest BCUT2D eigenvalue weighted by Crippen LogP contribution is 2.31. The highest BCUT2D eigenvalue weighted by Gasteiger charge is 2.18. The van der Waals surface area contributed by atoms with Crippen molar-refractivity contribution < 1.29 is 4.79 Å². The van der Waals surface area contributed by atoms with Crippen LogP contribution in [0.25, 0.3) is 16.6 Å². The van der Waals surface area contributed by atoms with Crippen molar-refractivity contribution in [2.45, 2.75) is 51.6 Å². The number of aromatic nitrogens is 4. The zero-order valence-corrected chi connectivity index (χ0v) is 18.9. The van der Waals surface area contributed by atoms with Crippen LogP contribution < -0.4 is 5.32 Å². The average molecular weight is 438 g/mol. The molecule has 1 aliphatic rings.